The van der Waals surface area contributed by atoms with Crippen LogP contribution in [0.3, 0.4) is 0 Å². The molecule has 1 aliphatic heterocycles. The molecule has 0 bridgehead atoms. The van der Waals surface area contributed by atoms with Gasteiger partial charge in [0.2, 0.25) is 0 Å². The number of piperidine rings is 1. The Morgan fingerprint density at radius 3 is 2.73 bits per heavy atom. The van der Waals surface area contributed by atoms with Crippen molar-refractivity contribution in [1.82, 2.24) is 4.90 Å². The molecule has 0 radical (unpaired) electrons. The Balaban J connectivity index is 2.18. The molecule has 1 aliphatic rings. The van der Waals surface area contributed by atoms with Gasteiger partial charge >= 0.3 is 5.97 Å². The molecule has 1 aromatic rings. The lowest BCUT2D eigenvalue weighted by atomic mass is 9.97. The number of carboxylic acid groups (broad SMARTS) is 1. The Kier molecular flexibility index (Phi) is 5.45. The van der Waals surface area contributed by atoms with Crippen LogP contribution in [0.4, 0.5) is 0 Å². The molecule has 1 N–H and O–H groups in total. The number of rotatable bonds is 4. The van der Waals surface area contributed by atoms with E-state index in [1.54, 1.807) is 17.0 Å². The molecular weight excluding hydrogens is 350 g/mol. The summed E-state index contributed by atoms with van der Waals surface area (Å²) in [7, 11) is 0. The van der Waals surface area contributed by atoms with Gasteiger partial charge < -0.3 is 14.7 Å². The number of hydrogen-bond acceptors (Lipinski definition) is 3. The van der Waals surface area contributed by atoms with Crippen LogP contribution in [0.25, 0.3) is 0 Å². The standard InChI is InChI=1S/C16H20BrNO4/c1-10(2)22-14-7-12(6-13(17)8-14)15(19)18-5-3-4-11(9-18)16(20)21/h6-8,10-11H,3-5,9H2,1-2H3,(H,20,21). The highest BCUT2D eigenvalue weighted by Crippen LogP contribution is 2.25. The van der Waals surface area contributed by atoms with Gasteiger partial charge in [0.05, 0.1) is 12.0 Å². The number of amides is 1. The Labute approximate surface area is 138 Å². The highest BCUT2D eigenvalue weighted by Gasteiger charge is 2.28. The maximum atomic E-state index is 12.6. The van der Waals surface area contributed by atoms with Crippen molar-refractivity contribution < 1.29 is 19.4 Å². The Bertz CT molecular complexity index is 573. The molecule has 5 nitrogen and oxygen atoms in total. The predicted octanol–water partition coefficient (Wildman–Crippen LogP) is 3.17. The van der Waals surface area contributed by atoms with E-state index in [1.165, 1.54) is 0 Å². The minimum Gasteiger partial charge on any atom is -0.491 e. The van der Waals surface area contributed by atoms with Crippen LogP contribution in [-0.2, 0) is 4.79 Å². The van der Waals surface area contributed by atoms with Crippen molar-refractivity contribution in [1.29, 1.82) is 0 Å². The van der Waals surface area contributed by atoms with Crippen LogP contribution in [0.5, 0.6) is 5.75 Å². The quantitative estimate of drug-likeness (QED) is 0.884. The van der Waals surface area contributed by atoms with E-state index in [9.17, 15) is 9.59 Å². The fourth-order valence-corrected chi connectivity index (χ4v) is 3.04. The van der Waals surface area contributed by atoms with Crippen molar-refractivity contribution in [2.45, 2.75) is 32.8 Å². The molecule has 2 rings (SSSR count). The second-order valence-corrected chi connectivity index (χ2v) is 6.69. The van der Waals surface area contributed by atoms with E-state index in [2.05, 4.69) is 15.9 Å². The summed E-state index contributed by atoms with van der Waals surface area (Å²) in [6, 6.07) is 5.25. The molecule has 120 valence electrons. The lowest BCUT2D eigenvalue weighted by molar-refractivity contribution is -0.143. The van der Waals surface area contributed by atoms with E-state index in [1.807, 2.05) is 19.9 Å². The summed E-state index contributed by atoms with van der Waals surface area (Å²) in [6.07, 6.45) is 1.36. The van der Waals surface area contributed by atoms with Crippen LogP contribution in [0, 0.1) is 5.92 Å². The minimum atomic E-state index is -0.837. The third kappa shape index (κ3) is 4.22. The first kappa shape index (κ1) is 16.8. The van der Waals surface area contributed by atoms with E-state index in [0.717, 1.165) is 4.47 Å². The second kappa shape index (κ2) is 7.13. The summed E-state index contributed by atoms with van der Waals surface area (Å²) < 4.78 is 6.40. The largest absolute Gasteiger partial charge is 0.491 e. The van der Waals surface area contributed by atoms with Crippen LogP contribution in [0.2, 0.25) is 0 Å². The average molecular weight is 370 g/mol. The molecule has 22 heavy (non-hydrogen) atoms. The van der Waals surface area contributed by atoms with Gasteiger partial charge in [-0.15, -0.1) is 0 Å². The smallest absolute Gasteiger partial charge is 0.308 e. The van der Waals surface area contributed by atoms with Crippen molar-refractivity contribution in [2.75, 3.05) is 13.1 Å². The molecule has 1 atom stereocenters. The molecule has 0 saturated carbocycles. The predicted molar refractivity (Wildman–Crippen MR) is 86.2 cm³/mol. The van der Waals surface area contributed by atoms with Gasteiger partial charge in [0.1, 0.15) is 5.75 Å². The number of halogens is 1. The molecule has 0 spiro atoms. The van der Waals surface area contributed by atoms with E-state index in [0.29, 0.717) is 30.7 Å². The van der Waals surface area contributed by atoms with Crippen molar-refractivity contribution in [3.8, 4) is 5.75 Å². The first-order valence-corrected chi connectivity index (χ1v) is 8.15. The Morgan fingerprint density at radius 1 is 1.36 bits per heavy atom. The summed E-state index contributed by atoms with van der Waals surface area (Å²) in [6.45, 7) is 4.70. The van der Waals surface area contributed by atoms with Crippen molar-refractivity contribution in [2.24, 2.45) is 5.92 Å². The molecule has 1 heterocycles. The molecular formula is C16H20BrNO4. The monoisotopic (exact) mass is 369 g/mol. The first-order valence-electron chi connectivity index (χ1n) is 7.36. The zero-order chi connectivity index (χ0) is 16.3. The molecule has 0 aliphatic carbocycles. The third-order valence-electron chi connectivity index (χ3n) is 3.55. The maximum Gasteiger partial charge on any atom is 0.308 e. The highest BCUT2D eigenvalue weighted by molar-refractivity contribution is 9.10. The topological polar surface area (TPSA) is 66.8 Å². The highest BCUT2D eigenvalue weighted by atomic mass is 79.9. The minimum absolute atomic E-state index is 0.0172. The average Bonchev–Trinajstić information content (AvgIpc) is 2.45. The Morgan fingerprint density at radius 2 is 2.09 bits per heavy atom. The summed E-state index contributed by atoms with van der Waals surface area (Å²) in [5.74, 6) is -0.841. The zero-order valence-electron chi connectivity index (χ0n) is 12.7. The SMILES string of the molecule is CC(C)Oc1cc(Br)cc(C(=O)N2CCCC(C(=O)O)C2)c1. The first-order chi connectivity index (χ1) is 10.4. The third-order valence-corrected chi connectivity index (χ3v) is 4.01. The Hall–Kier alpha value is -1.56. The van der Waals surface area contributed by atoms with Gasteiger partial charge in [-0.05, 0) is 44.9 Å². The summed E-state index contributed by atoms with van der Waals surface area (Å²) in [5.41, 5.74) is 0.510. The zero-order valence-corrected chi connectivity index (χ0v) is 14.3. The van der Waals surface area contributed by atoms with Crippen molar-refractivity contribution >= 4 is 27.8 Å². The number of hydrogen-bond donors (Lipinski definition) is 1. The number of carbonyl (C=O) groups is 2. The van der Waals surface area contributed by atoms with Gasteiger partial charge in [-0.3, -0.25) is 9.59 Å². The van der Waals surface area contributed by atoms with Crippen LogP contribution in [0.1, 0.15) is 37.0 Å². The number of ether oxygens (including phenoxy) is 1. The number of aliphatic carboxylic acids is 1. The number of carboxylic acids is 1. The lowest BCUT2D eigenvalue weighted by Gasteiger charge is -2.31. The van der Waals surface area contributed by atoms with Gasteiger partial charge in [-0.25, -0.2) is 0 Å². The number of benzene rings is 1. The van der Waals surface area contributed by atoms with Gasteiger partial charge in [-0.2, -0.15) is 0 Å². The van der Waals surface area contributed by atoms with Gasteiger partial charge in [-0.1, -0.05) is 15.9 Å². The van der Waals surface area contributed by atoms with Gasteiger partial charge in [0, 0.05) is 23.1 Å². The normalized spacial score (nSPS) is 18.4. The van der Waals surface area contributed by atoms with Crippen molar-refractivity contribution in [3.63, 3.8) is 0 Å². The van der Waals surface area contributed by atoms with Crippen molar-refractivity contribution in [3.05, 3.63) is 28.2 Å². The molecule has 6 heteroatoms. The van der Waals surface area contributed by atoms with Crippen LogP contribution >= 0.6 is 15.9 Å². The van der Waals surface area contributed by atoms with E-state index < -0.39 is 11.9 Å². The lowest BCUT2D eigenvalue weighted by Crippen LogP contribution is -2.42. The fourth-order valence-electron chi connectivity index (χ4n) is 2.57. The summed E-state index contributed by atoms with van der Waals surface area (Å²) in [5, 5.41) is 9.13. The maximum absolute atomic E-state index is 12.6. The molecule has 0 aromatic heterocycles. The molecule has 1 unspecified atom stereocenters. The van der Waals surface area contributed by atoms with E-state index in [4.69, 9.17) is 9.84 Å². The number of likely N-dealkylation sites (tertiary alicyclic amines) is 1. The van der Waals surface area contributed by atoms with Gasteiger partial charge in [0.15, 0.2) is 0 Å². The molecule has 1 fully saturated rings. The molecule has 1 aromatic carbocycles. The van der Waals surface area contributed by atoms with Crippen LogP contribution in [0.15, 0.2) is 22.7 Å². The van der Waals surface area contributed by atoms with E-state index >= 15 is 0 Å². The van der Waals surface area contributed by atoms with E-state index in [-0.39, 0.29) is 18.6 Å². The van der Waals surface area contributed by atoms with Crippen LogP contribution in [-0.4, -0.2) is 41.1 Å². The van der Waals surface area contributed by atoms with Crippen LogP contribution < -0.4 is 4.74 Å². The summed E-state index contributed by atoms with van der Waals surface area (Å²) in [4.78, 5) is 25.4. The molecule has 1 saturated heterocycles. The number of nitrogens with zero attached hydrogens (tertiary/aromatic N) is 1. The van der Waals surface area contributed by atoms with Gasteiger partial charge in [0.25, 0.3) is 5.91 Å². The summed E-state index contributed by atoms with van der Waals surface area (Å²) >= 11 is 3.39. The second-order valence-electron chi connectivity index (χ2n) is 5.77. The molecule has 1 amide bonds. The number of carbonyl (C=O) groups excluding carboxylic acids is 1. The fraction of sp³-hybridized carbons (Fsp3) is 0.500.